The van der Waals surface area contributed by atoms with Crippen LogP contribution < -0.4 is 14.8 Å². The average molecular weight is 455 g/mol. The lowest BCUT2D eigenvalue weighted by Crippen LogP contribution is -2.51. The van der Waals surface area contributed by atoms with Gasteiger partial charge in [0.05, 0.1) is 4.91 Å². The summed E-state index contributed by atoms with van der Waals surface area (Å²) in [5, 5.41) is 2.73. The van der Waals surface area contributed by atoms with Crippen molar-refractivity contribution in [1.82, 2.24) is 10.2 Å². The van der Waals surface area contributed by atoms with E-state index in [4.69, 9.17) is 9.47 Å². The van der Waals surface area contributed by atoms with E-state index in [1.165, 1.54) is 37.0 Å². The number of benzene rings is 1. The number of amides is 3. The summed E-state index contributed by atoms with van der Waals surface area (Å²) < 4.78 is 10.7. The van der Waals surface area contributed by atoms with Crippen LogP contribution in [-0.4, -0.2) is 41.8 Å². The number of nitrogens with zero attached hydrogens (tertiary/aromatic N) is 1. The zero-order valence-electron chi connectivity index (χ0n) is 17.7. The minimum absolute atomic E-state index is 0.113. The fourth-order valence-electron chi connectivity index (χ4n) is 6.61. The Labute approximate surface area is 190 Å². The number of rotatable bonds is 5. The van der Waals surface area contributed by atoms with Crippen LogP contribution in [0.2, 0.25) is 0 Å². The first kappa shape index (κ1) is 20.1. The number of thioether (sulfide) groups is 1. The summed E-state index contributed by atoms with van der Waals surface area (Å²) >= 11 is 0.929. The maximum Gasteiger partial charge on any atom is 0.293 e. The van der Waals surface area contributed by atoms with Crippen molar-refractivity contribution in [3.05, 3.63) is 28.7 Å². The average Bonchev–Trinajstić information content (AvgIpc) is 3.32. The molecule has 0 radical (unpaired) electrons. The van der Waals surface area contributed by atoms with Gasteiger partial charge in [0, 0.05) is 19.0 Å². The molecule has 0 atom stereocenters. The van der Waals surface area contributed by atoms with Crippen LogP contribution in [0.1, 0.15) is 37.7 Å². The smallest absolute Gasteiger partial charge is 0.293 e. The largest absolute Gasteiger partial charge is 0.454 e. The standard InChI is InChI=1S/C24H26N2O5S/c27-22(21-16-6-14-5-15(8-16)9-17(21)7-14)25-3-4-26-23(28)20(32-24(26)29)11-13-1-2-18-19(10-13)31-12-30-18/h1-2,10-11,14-17,21H,3-9,12H2,(H,25,27)/b20-11+. The highest BCUT2D eigenvalue weighted by molar-refractivity contribution is 8.18. The Hall–Kier alpha value is -2.48. The SMILES string of the molecule is O=C(NCCN1C(=O)S/C(=C/c2ccc3c(c2)OCO3)C1=O)C1C2CC3CC(C2)CC1C3. The minimum atomic E-state index is -0.318. The van der Waals surface area contributed by atoms with Gasteiger partial charge in [-0.2, -0.15) is 0 Å². The molecule has 2 aliphatic heterocycles. The summed E-state index contributed by atoms with van der Waals surface area (Å²) in [5.41, 5.74) is 0.773. The van der Waals surface area contributed by atoms with Crippen LogP contribution in [0.3, 0.4) is 0 Å². The van der Waals surface area contributed by atoms with Gasteiger partial charge in [0.25, 0.3) is 11.1 Å². The molecule has 2 heterocycles. The molecule has 1 aromatic carbocycles. The maximum absolute atomic E-state index is 12.9. The molecule has 32 heavy (non-hydrogen) atoms. The number of hydrogen-bond acceptors (Lipinski definition) is 6. The molecule has 1 saturated heterocycles. The second kappa shape index (κ2) is 7.83. The van der Waals surface area contributed by atoms with Gasteiger partial charge in [-0.3, -0.25) is 19.3 Å². The van der Waals surface area contributed by atoms with E-state index in [0.717, 1.165) is 29.2 Å². The van der Waals surface area contributed by atoms with E-state index in [2.05, 4.69) is 5.32 Å². The fourth-order valence-corrected chi connectivity index (χ4v) is 7.47. The van der Waals surface area contributed by atoms with E-state index >= 15 is 0 Å². The highest BCUT2D eigenvalue weighted by Crippen LogP contribution is 2.56. The third-order valence-corrected chi connectivity index (χ3v) is 8.64. The van der Waals surface area contributed by atoms with Crippen molar-refractivity contribution in [2.45, 2.75) is 32.1 Å². The zero-order valence-corrected chi connectivity index (χ0v) is 18.6. The van der Waals surface area contributed by atoms with Crippen LogP contribution in [0.15, 0.2) is 23.1 Å². The molecule has 3 amide bonds. The summed E-state index contributed by atoms with van der Waals surface area (Å²) in [6, 6.07) is 5.41. The third-order valence-electron chi connectivity index (χ3n) is 7.73. The van der Waals surface area contributed by atoms with Crippen molar-refractivity contribution in [1.29, 1.82) is 0 Å². The Morgan fingerprint density at radius 3 is 2.53 bits per heavy atom. The van der Waals surface area contributed by atoms with Crippen molar-refractivity contribution in [2.75, 3.05) is 19.9 Å². The molecule has 1 N–H and O–H groups in total. The molecule has 6 aliphatic rings. The van der Waals surface area contributed by atoms with Crippen LogP contribution in [0, 0.1) is 29.6 Å². The Kier molecular flexibility index (Phi) is 4.93. The lowest BCUT2D eigenvalue weighted by atomic mass is 9.51. The second-order valence-corrected chi connectivity index (χ2v) is 10.7. The fraction of sp³-hybridized carbons (Fsp3) is 0.542. The van der Waals surface area contributed by atoms with Gasteiger partial charge in [0.1, 0.15) is 0 Å². The monoisotopic (exact) mass is 454 g/mol. The van der Waals surface area contributed by atoms with Gasteiger partial charge in [-0.25, -0.2) is 0 Å². The summed E-state index contributed by atoms with van der Waals surface area (Å²) in [7, 11) is 0. The van der Waals surface area contributed by atoms with Crippen LogP contribution in [0.5, 0.6) is 11.5 Å². The van der Waals surface area contributed by atoms with Crippen molar-refractivity contribution in [2.24, 2.45) is 29.6 Å². The first-order valence-electron chi connectivity index (χ1n) is 11.5. The molecule has 7 nitrogen and oxygen atoms in total. The van der Waals surface area contributed by atoms with E-state index in [1.807, 2.05) is 6.07 Å². The number of nitrogens with one attached hydrogen (secondary N) is 1. The molecule has 0 aromatic heterocycles. The van der Waals surface area contributed by atoms with E-state index in [1.54, 1.807) is 18.2 Å². The molecule has 1 aromatic rings. The number of carbonyl (C=O) groups excluding carboxylic acids is 3. The lowest BCUT2D eigenvalue weighted by Gasteiger charge is -2.53. The highest BCUT2D eigenvalue weighted by atomic mass is 32.2. The normalized spacial score (nSPS) is 33.4. The lowest BCUT2D eigenvalue weighted by molar-refractivity contribution is -0.138. The number of imide groups is 1. The highest BCUT2D eigenvalue weighted by Gasteiger charge is 2.50. The summed E-state index contributed by atoms with van der Waals surface area (Å²) in [6.07, 6.45) is 7.83. The van der Waals surface area contributed by atoms with Gasteiger partial charge in [0.2, 0.25) is 12.7 Å². The Morgan fingerprint density at radius 2 is 1.78 bits per heavy atom. The number of carbonyl (C=O) groups is 3. The van der Waals surface area contributed by atoms with Crippen molar-refractivity contribution >= 4 is 34.9 Å². The molecule has 7 rings (SSSR count). The molecule has 5 fully saturated rings. The van der Waals surface area contributed by atoms with Crippen molar-refractivity contribution < 1.29 is 23.9 Å². The van der Waals surface area contributed by atoms with Gasteiger partial charge in [-0.15, -0.1) is 0 Å². The third kappa shape index (κ3) is 3.49. The number of ether oxygens (including phenoxy) is 2. The molecule has 0 spiro atoms. The Balaban J connectivity index is 1.06. The molecule has 4 saturated carbocycles. The molecule has 4 aliphatic carbocycles. The van der Waals surface area contributed by atoms with E-state index in [0.29, 0.717) is 34.8 Å². The van der Waals surface area contributed by atoms with E-state index < -0.39 is 0 Å². The molecule has 4 bridgehead atoms. The topological polar surface area (TPSA) is 84.9 Å². The van der Waals surface area contributed by atoms with Crippen molar-refractivity contribution in [3.8, 4) is 11.5 Å². The van der Waals surface area contributed by atoms with Gasteiger partial charge in [-0.1, -0.05) is 6.07 Å². The summed E-state index contributed by atoms with van der Waals surface area (Å²) in [4.78, 5) is 39.7. The molecular weight excluding hydrogens is 428 g/mol. The Morgan fingerprint density at radius 1 is 1.06 bits per heavy atom. The van der Waals surface area contributed by atoms with E-state index in [-0.39, 0.29) is 36.3 Å². The van der Waals surface area contributed by atoms with Gasteiger partial charge in [0.15, 0.2) is 11.5 Å². The molecular formula is C24H26N2O5S. The van der Waals surface area contributed by atoms with Crippen LogP contribution in [0.25, 0.3) is 6.08 Å². The molecule has 168 valence electrons. The molecule has 8 heteroatoms. The van der Waals surface area contributed by atoms with Gasteiger partial charge < -0.3 is 14.8 Å². The first-order valence-corrected chi connectivity index (χ1v) is 12.3. The predicted octanol–water partition coefficient (Wildman–Crippen LogP) is 3.64. The zero-order chi connectivity index (χ0) is 21.8. The van der Waals surface area contributed by atoms with Crippen LogP contribution >= 0.6 is 11.8 Å². The number of hydrogen-bond donors (Lipinski definition) is 1. The van der Waals surface area contributed by atoms with Gasteiger partial charge in [-0.05, 0) is 91.3 Å². The Bertz CT molecular complexity index is 994. The maximum atomic E-state index is 12.9. The second-order valence-electron chi connectivity index (χ2n) is 9.69. The summed E-state index contributed by atoms with van der Waals surface area (Å²) in [6.45, 7) is 0.684. The summed E-state index contributed by atoms with van der Waals surface area (Å²) in [5.74, 6) is 3.91. The van der Waals surface area contributed by atoms with Crippen molar-refractivity contribution in [3.63, 3.8) is 0 Å². The number of fused-ring (bicyclic) bond motifs is 1. The van der Waals surface area contributed by atoms with E-state index in [9.17, 15) is 14.4 Å². The molecule has 0 unspecified atom stereocenters. The van der Waals surface area contributed by atoms with Crippen LogP contribution in [-0.2, 0) is 9.59 Å². The minimum Gasteiger partial charge on any atom is -0.454 e. The first-order chi connectivity index (χ1) is 15.5. The quantitative estimate of drug-likeness (QED) is 0.684. The van der Waals surface area contributed by atoms with Crippen LogP contribution in [0.4, 0.5) is 4.79 Å². The van der Waals surface area contributed by atoms with Gasteiger partial charge >= 0.3 is 0 Å². The predicted molar refractivity (Wildman–Crippen MR) is 119 cm³/mol.